The van der Waals surface area contributed by atoms with Crippen LogP contribution in [0.1, 0.15) is 16.5 Å². The number of halogens is 1. The molecule has 0 aliphatic carbocycles. The molecule has 0 saturated heterocycles. The van der Waals surface area contributed by atoms with Gasteiger partial charge in [0, 0.05) is 20.4 Å². The quantitative estimate of drug-likeness (QED) is 0.850. The molecule has 1 unspecified atom stereocenters. The molecule has 2 rings (SSSR count). The Kier molecular flexibility index (Phi) is 4.61. The summed E-state index contributed by atoms with van der Waals surface area (Å²) in [4.78, 5) is 12.8. The van der Waals surface area contributed by atoms with E-state index in [1.807, 2.05) is 42.6 Å². The number of carbonyl (C=O) groups is 1. The lowest BCUT2D eigenvalue weighted by molar-refractivity contribution is -0.141. The van der Waals surface area contributed by atoms with Crippen LogP contribution in [0.25, 0.3) is 0 Å². The molecule has 0 spiro atoms. The zero-order valence-corrected chi connectivity index (χ0v) is 13.0. The molecule has 0 radical (unpaired) electrons. The molecule has 1 atom stereocenters. The van der Waals surface area contributed by atoms with Crippen molar-refractivity contribution in [3.05, 3.63) is 50.6 Å². The molecule has 1 aromatic carbocycles. The second-order valence-electron chi connectivity index (χ2n) is 4.13. The van der Waals surface area contributed by atoms with E-state index in [2.05, 4.69) is 21.2 Å². The smallest absolute Gasteiger partial charge is 0.333 e. The van der Waals surface area contributed by atoms with Crippen molar-refractivity contribution in [1.29, 1.82) is 0 Å². The van der Waals surface area contributed by atoms with Crippen molar-refractivity contribution in [2.75, 3.05) is 12.4 Å². The molecule has 1 N–H and O–H groups in total. The normalized spacial score (nSPS) is 11.9. The molecule has 0 amide bonds. The van der Waals surface area contributed by atoms with Gasteiger partial charge in [-0.05, 0) is 41.1 Å². The predicted molar refractivity (Wildman–Crippen MR) is 81.6 cm³/mol. The first-order chi connectivity index (χ1) is 9.10. The third-order valence-corrected chi connectivity index (χ3v) is 4.43. The first-order valence-corrected chi connectivity index (χ1v) is 7.42. The zero-order valence-electron chi connectivity index (χ0n) is 10.6. The Labute approximate surface area is 124 Å². The monoisotopic (exact) mass is 339 g/mol. The highest BCUT2D eigenvalue weighted by molar-refractivity contribution is 9.10. The summed E-state index contributed by atoms with van der Waals surface area (Å²) in [7, 11) is 1.40. The summed E-state index contributed by atoms with van der Waals surface area (Å²) < 4.78 is 5.83. The van der Waals surface area contributed by atoms with Crippen LogP contribution in [-0.2, 0) is 9.53 Å². The standard InChI is InChI=1S/C14H14BrNO2S/c1-9-3-5-11(6-4-9)16-13(14(17)18-2)12-7-10(15)8-19-12/h3-8,13,16H,1-2H3. The molecule has 3 nitrogen and oxygen atoms in total. The SMILES string of the molecule is COC(=O)C(Nc1ccc(C)cc1)c1cc(Br)cs1. The third kappa shape index (κ3) is 3.58. The second kappa shape index (κ2) is 6.21. The Hall–Kier alpha value is -1.33. The van der Waals surface area contributed by atoms with Gasteiger partial charge in [0.05, 0.1) is 7.11 Å². The molecular formula is C14H14BrNO2S. The van der Waals surface area contributed by atoms with E-state index >= 15 is 0 Å². The number of thiophene rings is 1. The summed E-state index contributed by atoms with van der Waals surface area (Å²) in [5.74, 6) is -0.296. The Morgan fingerprint density at radius 3 is 2.58 bits per heavy atom. The highest BCUT2D eigenvalue weighted by Gasteiger charge is 2.22. The van der Waals surface area contributed by atoms with Gasteiger partial charge in [0.2, 0.25) is 0 Å². The highest BCUT2D eigenvalue weighted by atomic mass is 79.9. The van der Waals surface area contributed by atoms with Crippen molar-refractivity contribution in [3.63, 3.8) is 0 Å². The summed E-state index contributed by atoms with van der Waals surface area (Å²) >= 11 is 4.91. The molecule has 1 aromatic heterocycles. The topological polar surface area (TPSA) is 38.3 Å². The maximum Gasteiger partial charge on any atom is 0.333 e. The van der Waals surface area contributed by atoms with Crippen LogP contribution in [-0.4, -0.2) is 13.1 Å². The van der Waals surface area contributed by atoms with Crippen LogP contribution in [0.3, 0.4) is 0 Å². The predicted octanol–water partition coefficient (Wildman–Crippen LogP) is 4.15. The summed E-state index contributed by atoms with van der Waals surface area (Å²) in [6.07, 6.45) is 0. The number of ether oxygens (including phenoxy) is 1. The molecule has 0 aliphatic heterocycles. The minimum absolute atomic E-state index is 0.296. The van der Waals surface area contributed by atoms with Gasteiger partial charge >= 0.3 is 5.97 Å². The van der Waals surface area contributed by atoms with Crippen LogP contribution >= 0.6 is 27.3 Å². The maximum absolute atomic E-state index is 11.9. The number of hydrogen-bond donors (Lipinski definition) is 1. The van der Waals surface area contributed by atoms with Crippen molar-refractivity contribution in [2.45, 2.75) is 13.0 Å². The van der Waals surface area contributed by atoms with Crippen LogP contribution in [0.15, 0.2) is 40.2 Å². The second-order valence-corrected chi connectivity index (χ2v) is 5.99. The average Bonchev–Trinajstić information content (AvgIpc) is 2.83. The fraction of sp³-hybridized carbons (Fsp3) is 0.214. The van der Waals surface area contributed by atoms with Gasteiger partial charge in [0.1, 0.15) is 0 Å². The van der Waals surface area contributed by atoms with E-state index in [1.165, 1.54) is 24.0 Å². The Morgan fingerprint density at radius 2 is 2.05 bits per heavy atom. The first kappa shape index (κ1) is 14.1. The van der Waals surface area contributed by atoms with Gasteiger partial charge < -0.3 is 10.1 Å². The molecule has 0 bridgehead atoms. The molecule has 2 aromatic rings. The van der Waals surface area contributed by atoms with Crippen LogP contribution in [0.5, 0.6) is 0 Å². The van der Waals surface area contributed by atoms with Crippen molar-refractivity contribution >= 4 is 38.9 Å². The number of benzene rings is 1. The van der Waals surface area contributed by atoms with Crippen molar-refractivity contribution in [2.24, 2.45) is 0 Å². The van der Waals surface area contributed by atoms with E-state index < -0.39 is 6.04 Å². The average molecular weight is 340 g/mol. The Bertz CT molecular complexity index is 565. The van der Waals surface area contributed by atoms with Gasteiger partial charge in [-0.2, -0.15) is 0 Å². The highest BCUT2D eigenvalue weighted by Crippen LogP contribution is 2.29. The third-order valence-electron chi connectivity index (χ3n) is 2.67. The molecule has 5 heteroatoms. The van der Waals surface area contributed by atoms with E-state index in [9.17, 15) is 4.79 Å². The maximum atomic E-state index is 11.9. The summed E-state index contributed by atoms with van der Waals surface area (Å²) in [5.41, 5.74) is 2.07. The number of methoxy groups -OCH3 is 1. The number of anilines is 1. The molecular weight excluding hydrogens is 326 g/mol. The van der Waals surface area contributed by atoms with Crippen LogP contribution < -0.4 is 5.32 Å². The fourth-order valence-corrected chi connectivity index (χ4v) is 3.14. The Balaban J connectivity index is 2.23. The molecule has 0 saturated carbocycles. The minimum atomic E-state index is -0.482. The minimum Gasteiger partial charge on any atom is -0.467 e. The van der Waals surface area contributed by atoms with Crippen molar-refractivity contribution in [1.82, 2.24) is 0 Å². The van der Waals surface area contributed by atoms with E-state index in [4.69, 9.17) is 4.74 Å². The van der Waals surface area contributed by atoms with E-state index in [-0.39, 0.29) is 5.97 Å². The van der Waals surface area contributed by atoms with E-state index in [0.717, 1.165) is 15.0 Å². The van der Waals surface area contributed by atoms with Gasteiger partial charge in [-0.1, -0.05) is 17.7 Å². The number of hydrogen-bond acceptors (Lipinski definition) is 4. The number of aryl methyl sites for hydroxylation is 1. The summed E-state index contributed by atoms with van der Waals surface area (Å²) in [5, 5.41) is 5.15. The lowest BCUT2D eigenvalue weighted by Gasteiger charge is -2.16. The number of nitrogens with one attached hydrogen (secondary N) is 1. The van der Waals surface area contributed by atoms with Gasteiger partial charge in [-0.3, -0.25) is 0 Å². The fourth-order valence-electron chi connectivity index (χ4n) is 1.66. The van der Waals surface area contributed by atoms with Crippen LogP contribution in [0.4, 0.5) is 5.69 Å². The Morgan fingerprint density at radius 1 is 1.37 bits per heavy atom. The number of rotatable bonds is 4. The number of esters is 1. The lowest BCUT2D eigenvalue weighted by atomic mass is 10.2. The number of carbonyl (C=O) groups excluding carboxylic acids is 1. The van der Waals surface area contributed by atoms with Gasteiger partial charge in [0.15, 0.2) is 6.04 Å². The van der Waals surface area contributed by atoms with Gasteiger partial charge in [0.25, 0.3) is 0 Å². The first-order valence-electron chi connectivity index (χ1n) is 5.75. The van der Waals surface area contributed by atoms with Crippen LogP contribution in [0, 0.1) is 6.92 Å². The molecule has 1 heterocycles. The van der Waals surface area contributed by atoms with Gasteiger partial charge in [-0.15, -0.1) is 11.3 Å². The molecule has 19 heavy (non-hydrogen) atoms. The lowest BCUT2D eigenvalue weighted by Crippen LogP contribution is -2.21. The summed E-state index contributed by atoms with van der Waals surface area (Å²) in [6.45, 7) is 2.03. The summed E-state index contributed by atoms with van der Waals surface area (Å²) in [6, 6.07) is 9.35. The largest absolute Gasteiger partial charge is 0.467 e. The zero-order chi connectivity index (χ0) is 13.8. The van der Waals surface area contributed by atoms with E-state index in [1.54, 1.807) is 0 Å². The van der Waals surface area contributed by atoms with Crippen LogP contribution in [0.2, 0.25) is 0 Å². The van der Waals surface area contributed by atoms with Crippen molar-refractivity contribution < 1.29 is 9.53 Å². The molecule has 100 valence electrons. The van der Waals surface area contributed by atoms with Crippen molar-refractivity contribution in [3.8, 4) is 0 Å². The van der Waals surface area contributed by atoms with Gasteiger partial charge in [-0.25, -0.2) is 4.79 Å². The van der Waals surface area contributed by atoms with E-state index in [0.29, 0.717) is 0 Å². The molecule has 0 fully saturated rings. The molecule has 0 aliphatic rings.